The summed E-state index contributed by atoms with van der Waals surface area (Å²) in [5.41, 5.74) is 2.98. The van der Waals surface area contributed by atoms with Crippen LogP contribution in [0.4, 0.5) is 5.69 Å². The van der Waals surface area contributed by atoms with Gasteiger partial charge in [-0.15, -0.1) is 0 Å². The van der Waals surface area contributed by atoms with Gasteiger partial charge in [0.15, 0.2) is 0 Å². The molecule has 0 spiro atoms. The highest BCUT2D eigenvalue weighted by Crippen LogP contribution is 2.22. The Hall–Kier alpha value is -3.10. The van der Waals surface area contributed by atoms with Crippen molar-refractivity contribution in [1.82, 2.24) is 0 Å². The highest BCUT2D eigenvalue weighted by molar-refractivity contribution is 7.92. The molecule has 0 radical (unpaired) electrons. The lowest BCUT2D eigenvalue weighted by Crippen LogP contribution is -2.12. The monoisotopic (exact) mass is 334 g/mol. The number of nitrogens with zero attached hydrogens (tertiary/aromatic N) is 1. The molecule has 3 aromatic rings. The van der Waals surface area contributed by atoms with Crippen LogP contribution in [-0.4, -0.2) is 8.42 Å². The number of nitriles is 1. The first-order chi connectivity index (χ1) is 11.6. The van der Waals surface area contributed by atoms with Crippen LogP contribution in [0.3, 0.4) is 0 Å². The molecular weight excluding hydrogens is 320 g/mol. The van der Waals surface area contributed by atoms with Gasteiger partial charge in [-0.3, -0.25) is 4.72 Å². The summed E-state index contributed by atoms with van der Waals surface area (Å²) in [6, 6.07) is 24.8. The Bertz CT molecular complexity index is 972. The number of nitrogens with one attached hydrogen (secondary N) is 1. The van der Waals surface area contributed by atoms with Gasteiger partial charge in [0.05, 0.1) is 16.5 Å². The molecule has 0 aliphatic rings. The zero-order valence-corrected chi connectivity index (χ0v) is 13.5. The van der Waals surface area contributed by atoms with E-state index in [1.807, 2.05) is 48.5 Å². The van der Waals surface area contributed by atoms with Crippen LogP contribution in [0.1, 0.15) is 5.56 Å². The number of rotatable bonds is 4. The largest absolute Gasteiger partial charge is 0.280 e. The van der Waals surface area contributed by atoms with E-state index in [9.17, 15) is 8.42 Å². The normalized spacial score (nSPS) is 10.8. The third-order valence-corrected chi connectivity index (χ3v) is 4.94. The van der Waals surface area contributed by atoms with Crippen LogP contribution >= 0.6 is 0 Å². The molecule has 0 aromatic heterocycles. The minimum absolute atomic E-state index is 0.119. The fourth-order valence-corrected chi connectivity index (χ4v) is 3.34. The van der Waals surface area contributed by atoms with E-state index in [1.165, 1.54) is 24.3 Å². The summed E-state index contributed by atoms with van der Waals surface area (Å²) in [6.07, 6.45) is 0. The van der Waals surface area contributed by atoms with Crippen LogP contribution in [-0.2, 0) is 10.0 Å². The molecule has 0 aliphatic heterocycles. The van der Waals surface area contributed by atoms with Crippen LogP contribution in [0.2, 0.25) is 0 Å². The van der Waals surface area contributed by atoms with Crippen molar-refractivity contribution in [3.63, 3.8) is 0 Å². The number of benzene rings is 3. The molecule has 0 aliphatic carbocycles. The molecule has 0 atom stereocenters. The van der Waals surface area contributed by atoms with Crippen LogP contribution < -0.4 is 4.72 Å². The average molecular weight is 334 g/mol. The number of sulfonamides is 1. The van der Waals surface area contributed by atoms with Crippen LogP contribution in [0.5, 0.6) is 0 Å². The molecule has 0 unspecified atom stereocenters. The molecule has 0 saturated heterocycles. The lowest BCUT2D eigenvalue weighted by Gasteiger charge is -2.09. The van der Waals surface area contributed by atoms with Crippen molar-refractivity contribution in [3.05, 3.63) is 84.4 Å². The zero-order chi connectivity index (χ0) is 17.0. The summed E-state index contributed by atoms with van der Waals surface area (Å²) in [7, 11) is -3.68. The lowest BCUT2D eigenvalue weighted by atomic mass is 10.1. The predicted molar refractivity (Wildman–Crippen MR) is 93.8 cm³/mol. The number of hydrogen-bond acceptors (Lipinski definition) is 3. The second kappa shape index (κ2) is 6.57. The van der Waals surface area contributed by atoms with Gasteiger partial charge in [0.25, 0.3) is 10.0 Å². The molecule has 4 nitrogen and oxygen atoms in total. The van der Waals surface area contributed by atoms with Gasteiger partial charge < -0.3 is 0 Å². The first-order valence-electron chi connectivity index (χ1n) is 7.27. The highest BCUT2D eigenvalue weighted by atomic mass is 32.2. The smallest absolute Gasteiger partial charge is 0.261 e. The van der Waals surface area contributed by atoms with Gasteiger partial charge in [-0.25, -0.2) is 8.42 Å². The Balaban J connectivity index is 1.81. The summed E-state index contributed by atoms with van der Waals surface area (Å²) in [4.78, 5) is 0.119. The summed E-state index contributed by atoms with van der Waals surface area (Å²) in [5, 5.41) is 8.77. The quantitative estimate of drug-likeness (QED) is 0.783. The average Bonchev–Trinajstić information content (AvgIpc) is 2.63. The lowest BCUT2D eigenvalue weighted by molar-refractivity contribution is 0.601. The highest BCUT2D eigenvalue weighted by Gasteiger charge is 2.14. The van der Waals surface area contributed by atoms with E-state index in [0.717, 1.165) is 11.1 Å². The van der Waals surface area contributed by atoms with E-state index in [2.05, 4.69) is 4.72 Å². The Morgan fingerprint density at radius 1 is 0.750 bits per heavy atom. The molecule has 3 aromatic carbocycles. The van der Waals surface area contributed by atoms with Gasteiger partial charge in [-0.1, -0.05) is 42.5 Å². The number of hydrogen-bond donors (Lipinski definition) is 1. The van der Waals surface area contributed by atoms with Crippen molar-refractivity contribution in [2.24, 2.45) is 0 Å². The van der Waals surface area contributed by atoms with Crippen LogP contribution in [0, 0.1) is 11.3 Å². The minimum Gasteiger partial charge on any atom is -0.280 e. The first-order valence-corrected chi connectivity index (χ1v) is 8.75. The van der Waals surface area contributed by atoms with Crippen LogP contribution in [0.25, 0.3) is 11.1 Å². The van der Waals surface area contributed by atoms with Crippen LogP contribution in [0.15, 0.2) is 83.8 Å². The Kier molecular flexibility index (Phi) is 4.32. The molecule has 0 heterocycles. The fraction of sp³-hybridized carbons (Fsp3) is 0. The molecule has 24 heavy (non-hydrogen) atoms. The molecule has 0 bridgehead atoms. The first kappa shape index (κ1) is 15.8. The third-order valence-electron chi connectivity index (χ3n) is 3.54. The molecule has 0 fully saturated rings. The summed E-state index contributed by atoms with van der Waals surface area (Å²) in [5.74, 6) is 0. The van der Waals surface area contributed by atoms with Crippen molar-refractivity contribution >= 4 is 15.7 Å². The molecular formula is C19H14N2O2S. The van der Waals surface area contributed by atoms with E-state index in [1.54, 1.807) is 12.1 Å². The van der Waals surface area contributed by atoms with Crippen molar-refractivity contribution in [1.29, 1.82) is 5.26 Å². The van der Waals surface area contributed by atoms with Gasteiger partial charge >= 0.3 is 0 Å². The molecule has 0 saturated carbocycles. The molecule has 1 N–H and O–H groups in total. The van der Waals surface area contributed by atoms with E-state index in [4.69, 9.17) is 5.26 Å². The molecule has 5 heteroatoms. The molecule has 118 valence electrons. The van der Waals surface area contributed by atoms with Crippen molar-refractivity contribution in [3.8, 4) is 17.2 Å². The summed E-state index contributed by atoms with van der Waals surface area (Å²) < 4.78 is 27.3. The van der Waals surface area contributed by atoms with Gasteiger partial charge in [-0.2, -0.15) is 5.26 Å². The maximum atomic E-state index is 12.4. The topological polar surface area (TPSA) is 70.0 Å². The van der Waals surface area contributed by atoms with Gasteiger partial charge in [0.2, 0.25) is 0 Å². The number of anilines is 1. The standard InChI is InChI=1S/C19H14N2O2S/c20-14-15-6-12-19(13-7-15)24(22,23)21-18-10-8-17(9-11-18)16-4-2-1-3-5-16/h1-13,21H. The van der Waals surface area contributed by atoms with E-state index in [-0.39, 0.29) is 4.90 Å². The van der Waals surface area contributed by atoms with Gasteiger partial charge in [0.1, 0.15) is 0 Å². The zero-order valence-electron chi connectivity index (χ0n) is 12.7. The fourth-order valence-electron chi connectivity index (χ4n) is 2.28. The maximum Gasteiger partial charge on any atom is 0.261 e. The second-order valence-corrected chi connectivity index (χ2v) is 6.87. The van der Waals surface area contributed by atoms with E-state index < -0.39 is 10.0 Å². The van der Waals surface area contributed by atoms with Crippen molar-refractivity contribution in [2.45, 2.75) is 4.90 Å². The Morgan fingerprint density at radius 2 is 1.33 bits per heavy atom. The molecule has 3 rings (SSSR count). The predicted octanol–water partition coefficient (Wildman–Crippen LogP) is 4.03. The second-order valence-electron chi connectivity index (χ2n) is 5.19. The van der Waals surface area contributed by atoms with Gasteiger partial charge in [0, 0.05) is 5.69 Å². The van der Waals surface area contributed by atoms with Gasteiger partial charge in [-0.05, 0) is 47.5 Å². The summed E-state index contributed by atoms with van der Waals surface area (Å²) in [6.45, 7) is 0. The van der Waals surface area contributed by atoms with E-state index in [0.29, 0.717) is 11.3 Å². The van der Waals surface area contributed by atoms with Crippen molar-refractivity contribution < 1.29 is 8.42 Å². The Labute approximate surface area is 141 Å². The van der Waals surface area contributed by atoms with Crippen molar-refractivity contribution in [2.75, 3.05) is 4.72 Å². The summed E-state index contributed by atoms with van der Waals surface area (Å²) >= 11 is 0. The molecule has 0 amide bonds. The Morgan fingerprint density at radius 3 is 1.92 bits per heavy atom. The third kappa shape index (κ3) is 3.45. The van der Waals surface area contributed by atoms with E-state index >= 15 is 0 Å². The SMILES string of the molecule is N#Cc1ccc(S(=O)(=O)Nc2ccc(-c3ccccc3)cc2)cc1. The minimum atomic E-state index is -3.68. The maximum absolute atomic E-state index is 12.4.